The van der Waals surface area contributed by atoms with Gasteiger partial charge in [0.05, 0.1) is 0 Å². The second-order valence-corrected chi connectivity index (χ2v) is 3.15. The molecule has 2 aromatic rings. The molecule has 3 heteroatoms. The van der Waals surface area contributed by atoms with Crippen LogP contribution < -0.4 is 5.32 Å². The molecule has 0 saturated heterocycles. The summed E-state index contributed by atoms with van der Waals surface area (Å²) in [7, 11) is 0. The van der Waals surface area contributed by atoms with E-state index >= 15 is 0 Å². The van der Waals surface area contributed by atoms with Crippen molar-refractivity contribution in [1.29, 1.82) is 5.26 Å². The SMILES string of the molecule is N#Cc1ccbcc1Nc1ccccc1. The summed E-state index contributed by atoms with van der Waals surface area (Å²) in [6.07, 6.45) is 0. The van der Waals surface area contributed by atoms with E-state index in [9.17, 15) is 0 Å². The molecule has 0 spiro atoms. The Kier molecular flexibility index (Phi) is 2.80. The van der Waals surface area contributed by atoms with Gasteiger partial charge in [-0.3, -0.25) is 0 Å². The number of nitriles is 1. The molecule has 0 radical (unpaired) electrons. The summed E-state index contributed by atoms with van der Waals surface area (Å²) in [5, 5.41) is 12.1. The summed E-state index contributed by atoms with van der Waals surface area (Å²) >= 11 is 0. The van der Waals surface area contributed by atoms with Crippen LogP contribution in [0.2, 0.25) is 0 Å². The number of nitrogens with one attached hydrogen (secondary N) is 1. The molecule has 2 rings (SSSR count). The first-order valence-electron chi connectivity index (χ1n) is 4.71. The zero-order valence-corrected chi connectivity index (χ0v) is 8.14. The molecule has 1 aromatic carbocycles. The Labute approximate surface area is 89.4 Å². The number of para-hydroxylation sites is 1. The van der Waals surface area contributed by atoms with Crippen LogP contribution in [-0.4, -0.2) is 6.91 Å². The molecule has 2 nitrogen and oxygen atoms in total. The number of benzene rings is 1. The predicted molar refractivity (Wildman–Crippen MR) is 62.2 cm³/mol. The van der Waals surface area contributed by atoms with Crippen molar-refractivity contribution in [2.24, 2.45) is 0 Å². The number of rotatable bonds is 2. The van der Waals surface area contributed by atoms with Gasteiger partial charge < -0.3 is 0 Å². The summed E-state index contributed by atoms with van der Waals surface area (Å²) in [4.78, 5) is 0. The van der Waals surface area contributed by atoms with Crippen LogP contribution in [0.3, 0.4) is 0 Å². The first-order chi connectivity index (χ1) is 7.40. The van der Waals surface area contributed by atoms with Gasteiger partial charge in [-0.05, 0) is 0 Å². The summed E-state index contributed by atoms with van der Waals surface area (Å²) in [6.45, 7) is 1.91. The number of nitrogens with zero attached hydrogens (tertiary/aromatic N) is 1. The van der Waals surface area contributed by atoms with Crippen molar-refractivity contribution in [3.05, 3.63) is 53.9 Å². The van der Waals surface area contributed by atoms with E-state index in [1.54, 1.807) is 6.07 Å². The third-order valence-corrected chi connectivity index (χ3v) is 2.10. The van der Waals surface area contributed by atoms with Crippen molar-refractivity contribution in [3.63, 3.8) is 0 Å². The standard InChI is InChI=1S/C12H9BN2/c14-9-10-6-7-13-8-12(10)15-11-4-2-1-3-5-11/h1-8,15H. The molecule has 70 valence electrons. The van der Waals surface area contributed by atoms with E-state index in [4.69, 9.17) is 5.26 Å². The van der Waals surface area contributed by atoms with Crippen molar-refractivity contribution in [2.45, 2.75) is 0 Å². The van der Waals surface area contributed by atoms with Gasteiger partial charge in [-0.2, -0.15) is 0 Å². The van der Waals surface area contributed by atoms with Gasteiger partial charge in [-0.25, -0.2) is 0 Å². The van der Waals surface area contributed by atoms with Crippen molar-refractivity contribution in [3.8, 4) is 6.07 Å². The topological polar surface area (TPSA) is 35.8 Å². The first-order valence-corrected chi connectivity index (χ1v) is 4.71. The Morgan fingerprint density at radius 2 is 1.93 bits per heavy atom. The van der Waals surface area contributed by atoms with Crippen molar-refractivity contribution >= 4 is 18.3 Å². The minimum atomic E-state index is 0.654. The molecule has 0 fully saturated rings. The predicted octanol–water partition coefficient (Wildman–Crippen LogP) is 2.64. The summed E-state index contributed by atoms with van der Waals surface area (Å²) < 4.78 is 0. The zero-order valence-electron chi connectivity index (χ0n) is 8.14. The van der Waals surface area contributed by atoms with Gasteiger partial charge in [-0.15, -0.1) is 0 Å². The van der Waals surface area contributed by atoms with E-state index in [-0.39, 0.29) is 0 Å². The van der Waals surface area contributed by atoms with Crippen LogP contribution in [-0.2, 0) is 0 Å². The van der Waals surface area contributed by atoms with Crippen LogP contribution >= 0.6 is 0 Å². The Bertz CT molecular complexity index is 488. The van der Waals surface area contributed by atoms with E-state index < -0.39 is 0 Å². The molecular formula is C12H9BN2. The van der Waals surface area contributed by atoms with Crippen LogP contribution in [0.5, 0.6) is 0 Å². The molecule has 1 heterocycles. The number of anilines is 2. The van der Waals surface area contributed by atoms with Gasteiger partial charge in [0.1, 0.15) is 0 Å². The third kappa shape index (κ3) is 2.24. The molecule has 0 atom stereocenters. The fourth-order valence-corrected chi connectivity index (χ4v) is 1.37. The van der Waals surface area contributed by atoms with E-state index in [2.05, 4.69) is 11.4 Å². The number of hydrogen-bond acceptors (Lipinski definition) is 2. The monoisotopic (exact) mass is 192 g/mol. The van der Waals surface area contributed by atoms with Crippen molar-refractivity contribution in [1.82, 2.24) is 0 Å². The van der Waals surface area contributed by atoms with Crippen LogP contribution in [0.25, 0.3) is 0 Å². The summed E-state index contributed by atoms with van der Waals surface area (Å²) in [5.74, 6) is 3.75. The normalized spacial score (nSPS) is 9.00. The second-order valence-electron chi connectivity index (χ2n) is 3.15. The number of hydrogen-bond donors (Lipinski definition) is 1. The van der Waals surface area contributed by atoms with Gasteiger partial charge in [0, 0.05) is 0 Å². The average molecular weight is 192 g/mol. The third-order valence-electron chi connectivity index (χ3n) is 2.10. The molecule has 1 aromatic heterocycles. The van der Waals surface area contributed by atoms with E-state index in [1.165, 1.54) is 0 Å². The molecule has 0 bridgehead atoms. The maximum atomic E-state index is 8.91. The summed E-state index contributed by atoms with van der Waals surface area (Å²) in [6, 6.07) is 13.8. The average Bonchev–Trinajstić information content (AvgIpc) is 2.31. The van der Waals surface area contributed by atoms with Crippen LogP contribution in [0.4, 0.5) is 11.4 Å². The summed E-state index contributed by atoms with van der Waals surface area (Å²) in [5.41, 5.74) is 2.48. The zero-order chi connectivity index (χ0) is 10.5. The van der Waals surface area contributed by atoms with Crippen LogP contribution in [0, 0.1) is 11.3 Å². The first kappa shape index (κ1) is 9.48. The molecule has 0 unspecified atom stereocenters. The molecule has 0 amide bonds. The molecule has 0 aliphatic heterocycles. The van der Waals surface area contributed by atoms with E-state index in [1.807, 2.05) is 49.2 Å². The Morgan fingerprint density at radius 3 is 2.67 bits per heavy atom. The van der Waals surface area contributed by atoms with Crippen LogP contribution in [0.1, 0.15) is 5.56 Å². The molecular weight excluding hydrogens is 183 g/mol. The second kappa shape index (κ2) is 4.43. The van der Waals surface area contributed by atoms with Gasteiger partial charge in [-0.1, -0.05) is 0 Å². The van der Waals surface area contributed by atoms with Crippen molar-refractivity contribution < 1.29 is 0 Å². The molecule has 0 aliphatic rings. The van der Waals surface area contributed by atoms with Gasteiger partial charge in [0.2, 0.25) is 0 Å². The Morgan fingerprint density at radius 1 is 1.13 bits per heavy atom. The molecule has 0 aliphatic carbocycles. The fourth-order valence-electron chi connectivity index (χ4n) is 1.37. The molecule has 1 N–H and O–H groups in total. The fraction of sp³-hybridized carbons (Fsp3) is 0. The van der Waals surface area contributed by atoms with Crippen LogP contribution in [0.15, 0.2) is 48.3 Å². The van der Waals surface area contributed by atoms with Gasteiger partial charge >= 0.3 is 88.8 Å². The van der Waals surface area contributed by atoms with E-state index in [0.29, 0.717) is 5.56 Å². The Balaban J connectivity index is 2.29. The molecule has 0 saturated carbocycles. The Hall–Kier alpha value is -2.08. The van der Waals surface area contributed by atoms with E-state index in [0.717, 1.165) is 11.4 Å². The minimum absolute atomic E-state index is 0.654. The molecule has 15 heavy (non-hydrogen) atoms. The maximum absolute atomic E-state index is 8.91. The van der Waals surface area contributed by atoms with Crippen molar-refractivity contribution in [2.75, 3.05) is 5.32 Å². The van der Waals surface area contributed by atoms with Gasteiger partial charge in [0.25, 0.3) is 0 Å². The van der Waals surface area contributed by atoms with Gasteiger partial charge in [0.15, 0.2) is 0 Å². The quantitative estimate of drug-likeness (QED) is 0.793.